The molecular weight excluding hydrogens is 472 g/mol. The molecule has 10 heteroatoms. The number of thiophene rings is 1. The fourth-order valence-electron chi connectivity index (χ4n) is 3.98. The van der Waals surface area contributed by atoms with E-state index < -0.39 is 5.97 Å². The number of para-hydroxylation sites is 1. The first-order valence-electron chi connectivity index (χ1n) is 10.9. The maximum atomic E-state index is 12.8. The van der Waals surface area contributed by atoms with Crippen molar-refractivity contribution < 1.29 is 19.1 Å². The predicted octanol–water partition coefficient (Wildman–Crippen LogP) is 4.60. The summed E-state index contributed by atoms with van der Waals surface area (Å²) in [7, 11) is 2.97. The fraction of sp³-hybridized carbons (Fsp3) is 0.333. The highest BCUT2D eigenvalue weighted by molar-refractivity contribution is 7.99. The van der Waals surface area contributed by atoms with Gasteiger partial charge in [0.2, 0.25) is 5.91 Å². The highest BCUT2D eigenvalue weighted by Gasteiger charge is 2.27. The number of thioether (sulfide) groups is 1. The Bertz CT molecular complexity index is 1220. The Morgan fingerprint density at radius 2 is 2.03 bits per heavy atom. The van der Waals surface area contributed by atoms with Gasteiger partial charge >= 0.3 is 5.97 Å². The van der Waals surface area contributed by atoms with Crippen molar-refractivity contribution in [3.8, 4) is 17.1 Å². The van der Waals surface area contributed by atoms with Gasteiger partial charge in [-0.1, -0.05) is 30.0 Å². The Morgan fingerprint density at radius 1 is 1.24 bits per heavy atom. The molecule has 1 aliphatic carbocycles. The van der Waals surface area contributed by atoms with E-state index >= 15 is 0 Å². The van der Waals surface area contributed by atoms with Crippen LogP contribution < -0.4 is 10.1 Å². The van der Waals surface area contributed by atoms with Crippen molar-refractivity contribution in [2.75, 3.05) is 25.3 Å². The lowest BCUT2D eigenvalue weighted by Crippen LogP contribution is -2.17. The molecule has 0 unspecified atom stereocenters. The second-order valence-electron chi connectivity index (χ2n) is 7.65. The first-order chi connectivity index (χ1) is 16.6. The zero-order valence-electron chi connectivity index (χ0n) is 19.1. The zero-order valence-corrected chi connectivity index (χ0v) is 20.8. The summed E-state index contributed by atoms with van der Waals surface area (Å²) in [6.45, 7) is 4.31. The highest BCUT2D eigenvalue weighted by Crippen LogP contribution is 2.39. The number of rotatable bonds is 9. The molecule has 3 aromatic rings. The largest absolute Gasteiger partial charge is 0.496 e. The number of carbonyl (C=O) groups excluding carboxylic acids is 2. The number of esters is 1. The number of anilines is 1. The van der Waals surface area contributed by atoms with E-state index in [-0.39, 0.29) is 11.7 Å². The molecule has 0 radical (unpaired) electrons. The quantitative estimate of drug-likeness (QED) is 0.262. The van der Waals surface area contributed by atoms with Gasteiger partial charge in [0.1, 0.15) is 10.8 Å². The van der Waals surface area contributed by atoms with E-state index in [2.05, 4.69) is 22.1 Å². The summed E-state index contributed by atoms with van der Waals surface area (Å²) in [6, 6.07) is 7.57. The molecule has 4 rings (SSSR count). The molecule has 0 spiro atoms. The Morgan fingerprint density at radius 3 is 2.79 bits per heavy atom. The van der Waals surface area contributed by atoms with Gasteiger partial charge in [-0.2, -0.15) is 0 Å². The lowest BCUT2D eigenvalue weighted by molar-refractivity contribution is -0.113. The lowest BCUT2D eigenvalue weighted by Gasteiger charge is -2.12. The van der Waals surface area contributed by atoms with Gasteiger partial charge < -0.3 is 14.8 Å². The third-order valence-corrected chi connectivity index (χ3v) is 7.70. The van der Waals surface area contributed by atoms with E-state index in [0.717, 1.165) is 41.7 Å². The van der Waals surface area contributed by atoms with E-state index in [1.165, 1.54) is 30.2 Å². The zero-order chi connectivity index (χ0) is 24.1. The second kappa shape index (κ2) is 10.9. The minimum absolute atomic E-state index is 0.115. The molecule has 8 nitrogen and oxygen atoms in total. The molecule has 2 aromatic heterocycles. The van der Waals surface area contributed by atoms with Gasteiger partial charge in [0.15, 0.2) is 11.0 Å². The molecular formula is C24H26N4O4S2. The molecule has 0 saturated heterocycles. The number of aromatic nitrogens is 3. The third-order valence-electron chi connectivity index (χ3n) is 5.52. The molecule has 0 atom stereocenters. The van der Waals surface area contributed by atoms with E-state index in [1.54, 1.807) is 13.2 Å². The average Bonchev–Trinajstić information content (AvgIpc) is 3.43. The number of methoxy groups -OCH3 is 2. The lowest BCUT2D eigenvalue weighted by atomic mass is 9.95. The van der Waals surface area contributed by atoms with Crippen LogP contribution in [0.25, 0.3) is 11.4 Å². The van der Waals surface area contributed by atoms with E-state index in [1.807, 2.05) is 28.8 Å². The van der Waals surface area contributed by atoms with E-state index in [0.29, 0.717) is 33.8 Å². The minimum atomic E-state index is -0.408. The molecule has 1 amide bonds. The van der Waals surface area contributed by atoms with Crippen LogP contribution in [-0.2, 0) is 28.9 Å². The molecule has 0 aliphatic heterocycles. The smallest absolute Gasteiger partial charge is 0.341 e. The first-order valence-corrected chi connectivity index (χ1v) is 12.7. The summed E-state index contributed by atoms with van der Waals surface area (Å²) in [5.74, 6) is 0.811. The summed E-state index contributed by atoms with van der Waals surface area (Å²) < 4.78 is 12.4. The van der Waals surface area contributed by atoms with Crippen LogP contribution in [0.1, 0.15) is 33.6 Å². The van der Waals surface area contributed by atoms with Crippen LogP contribution in [0.3, 0.4) is 0 Å². The molecule has 1 N–H and O–H groups in total. The van der Waals surface area contributed by atoms with E-state index in [4.69, 9.17) is 9.47 Å². The first kappa shape index (κ1) is 24.0. The number of carbonyl (C=O) groups is 2. The van der Waals surface area contributed by atoms with Gasteiger partial charge in [-0.25, -0.2) is 4.79 Å². The van der Waals surface area contributed by atoms with Crippen LogP contribution in [0.5, 0.6) is 5.75 Å². The Balaban J connectivity index is 1.52. The van der Waals surface area contributed by atoms with Gasteiger partial charge in [0.05, 0.1) is 31.1 Å². The number of hydrogen-bond donors (Lipinski definition) is 1. The van der Waals surface area contributed by atoms with Crippen molar-refractivity contribution >= 4 is 40.0 Å². The van der Waals surface area contributed by atoms with Gasteiger partial charge in [0.25, 0.3) is 0 Å². The minimum Gasteiger partial charge on any atom is -0.496 e. The maximum absolute atomic E-state index is 12.8. The number of fused-ring (bicyclic) bond motifs is 1. The number of nitrogens with zero attached hydrogens (tertiary/aromatic N) is 3. The van der Waals surface area contributed by atoms with E-state index in [9.17, 15) is 9.59 Å². The normalized spacial score (nSPS) is 12.6. The Labute approximate surface area is 206 Å². The van der Waals surface area contributed by atoms with Gasteiger partial charge in [-0.3, -0.25) is 9.36 Å². The van der Waals surface area contributed by atoms with Crippen molar-refractivity contribution in [1.82, 2.24) is 14.8 Å². The maximum Gasteiger partial charge on any atom is 0.341 e. The standard InChI is InChI=1S/C24H26N4O4S2/c1-4-13-28-21(15-9-5-7-11-17(15)31-2)26-27-24(28)33-14-19(29)25-22-20(23(30)32-3)16-10-6-8-12-18(16)34-22/h4-5,7,9,11H,1,6,8,10,12-14H2,2-3H3,(H,25,29). The molecule has 2 heterocycles. The monoisotopic (exact) mass is 498 g/mol. The SMILES string of the molecule is C=CCn1c(SCC(=O)Nc2sc3c(c2C(=O)OC)CCCC3)nnc1-c1ccccc1OC. The number of benzene rings is 1. The Kier molecular flexibility index (Phi) is 7.69. The van der Waals surface area contributed by atoms with Crippen molar-refractivity contribution in [3.63, 3.8) is 0 Å². The Hall–Kier alpha value is -3.11. The number of ether oxygens (including phenoxy) is 2. The van der Waals surface area contributed by atoms with Crippen LogP contribution in [0.4, 0.5) is 5.00 Å². The topological polar surface area (TPSA) is 95.3 Å². The van der Waals surface area contributed by atoms with Gasteiger partial charge in [-0.15, -0.1) is 28.1 Å². The van der Waals surface area contributed by atoms with Gasteiger partial charge in [-0.05, 0) is 43.4 Å². The van der Waals surface area contributed by atoms with Crippen LogP contribution in [0, 0.1) is 0 Å². The fourth-order valence-corrected chi connectivity index (χ4v) is 6.02. The summed E-state index contributed by atoms with van der Waals surface area (Å²) in [5.41, 5.74) is 2.31. The number of allylic oxidation sites excluding steroid dienone is 1. The van der Waals surface area contributed by atoms with Gasteiger partial charge in [0, 0.05) is 11.4 Å². The van der Waals surface area contributed by atoms with Crippen molar-refractivity contribution in [1.29, 1.82) is 0 Å². The molecule has 0 bridgehead atoms. The van der Waals surface area contributed by atoms with Crippen LogP contribution in [0.15, 0.2) is 42.1 Å². The number of aryl methyl sites for hydroxylation is 1. The number of hydrogen-bond acceptors (Lipinski definition) is 8. The number of nitrogens with one attached hydrogen (secondary N) is 1. The van der Waals surface area contributed by atoms with Crippen molar-refractivity contribution in [2.24, 2.45) is 0 Å². The van der Waals surface area contributed by atoms with Crippen molar-refractivity contribution in [2.45, 2.75) is 37.4 Å². The van der Waals surface area contributed by atoms with Crippen LogP contribution in [-0.4, -0.2) is 46.6 Å². The molecule has 34 heavy (non-hydrogen) atoms. The summed E-state index contributed by atoms with van der Waals surface area (Å²) in [6.07, 6.45) is 5.63. The summed E-state index contributed by atoms with van der Waals surface area (Å²) in [4.78, 5) is 26.4. The highest BCUT2D eigenvalue weighted by atomic mass is 32.2. The average molecular weight is 499 g/mol. The number of amides is 1. The third kappa shape index (κ3) is 4.88. The molecule has 0 saturated carbocycles. The summed E-state index contributed by atoms with van der Waals surface area (Å²) >= 11 is 2.75. The van der Waals surface area contributed by atoms with Crippen molar-refractivity contribution in [3.05, 3.63) is 52.9 Å². The molecule has 178 valence electrons. The second-order valence-corrected chi connectivity index (χ2v) is 9.70. The molecule has 1 aliphatic rings. The van der Waals surface area contributed by atoms with Crippen LogP contribution in [0.2, 0.25) is 0 Å². The van der Waals surface area contributed by atoms with Crippen LogP contribution >= 0.6 is 23.1 Å². The molecule has 1 aromatic carbocycles. The molecule has 0 fully saturated rings. The predicted molar refractivity (Wildman–Crippen MR) is 134 cm³/mol. The summed E-state index contributed by atoms with van der Waals surface area (Å²) in [5, 5.41) is 12.7.